The monoisotopic (exact) mass is 455 g/mol. The second kappa shape index (κ2) is 8.64. The lowest BCUT2D eigenvalue weighted by atomic mass is 9.70. The van der Waals surface area contributed by atoms with Crippen molar-refractivity contribution in [2.24, 2.45) is 5.92 Å². The summed E-state index contributed by atoms with van der Waals surface area (Å²) in [5, 5.41) is 14.1. The summed E-state index contributed by atoms with van der Waals surface area (Å²) in [6, 6.07) is 5.73. The third kappa shape index (κ3) is 3.99. The fraction of sp³-hybridized carbons (Fsp3) is 0.560. The summed E-state index contributed by atoms with van der Waals surface area (Å²) in [4.78, 5) is 21.6. The van der Waals surface area contributed by atoms with E-state index in [2.05, 4.69) is 15.3 Å². The van der Waals surface area contributed by atoms with Gasteiger partial charge in [-0.1, -0.05) is 30.9 Å². The summed E-state index contributed by atoms with van der Waals surface area (Å²) >= 11 is 6.27. The van der Waals surface area contributed by atoms with Gasteiger partial charge in [0.05, 0.1) is 24.4 Å². The summed E-state index contributed by atoms with van der Waals surface area (Å²) < 4.78 is 5.91. The second-order valence-corrected chi connectivity index (χ2v) is 10.1. The zero-order valence-corrected chi connectivity index (χ0v) is 19.0. The summed E-state index contributed by atoms with van der Waals surface area (Å²) in [5.74, 6) is 1.77. The fourth-order valence-electron chi connectivity index (χ4n) is 5.46. The molecule has 2 aromatic rings. The predicted octanol–water partition coefficient (Wildman–Crippen LogP) is 5.13. The number of aliphatic hydroxyl groups is 1. The van der Waals surface area contributed by atoms with Crippen LogP contribution in [-0.4, -0.2) is 27.6 Å². The summed E-state index contributed by atoms with van der Waals surface area (Å²) in [6.07, 6.45) is 12.8. The van der Waals surface area contributed by atoms with Crippen molar-refractivity contribution in [3.8, 4) is 5.75 Å². The maximum Gasteiger partial charge on any atom is 0.235 e. The molecule has 2 aliphatic carbocycles. The van der Waals surface area contributed by atoms with E-state index in [1.807, 2.05) is 18.2 Å². The van der Waals surface area contributed by atoms with Gasteiger partial charge in [-0.05, 0) is 74.6 Å². The Labute approximate surface area is 193 Å². The first kappa shape index (κ1) is 21.7. The molecule has 2 unspecified atom stereocenters. The lowest BCUT2D eigenvalue weighted by Crippen LogP contribution is -2.36. The standard InChI is InChI=1S/C25H30ClN3O3/c26-18-5-6-21-20(14-18)24(23(30)29-21)9-2-1-4-17(7-12-24)8-13-32-19-15-27-22(28-16-19)25(31)10-3-11-25/h5-6,14-17,31H,1-4,7-13H2,(H,29,30). The molecule has 1 aromatic carbocycles. The third-order valence-corrected chi connectivity index (χ3v) is 7.88. The molecular formula is C25H30ClN3O3. The number of carbonyl (C=O) groups is 1. The number of benzene rings is 1. The van der Waals surface area contributed by atoms with Gasteiger partial charge in [-0.2, -0.15) is 0 Å². The number of nitrogens with zero attached hydrogens (tertiary/aromatic N) is 2. The van der Waals surface area contributed by atoms with E-state index in [0.29, 0.717) is 29.1 Å². The Kier molecular flexibility index (Phi) is 5.84. The molecule has 2 N–H and O–H groups in total. The maximum absolute atomic E-state index is 13.0. The zero-order chi connectivity index (χ0) is 22.2. The SMILES string of the molecule is O=C1Nc2ccc(Cl)cc2C12CCCCC(CCOc1cnc(C3(O)CCC3)nc1)CC2. The molecule has 1 amide bonds. The molecule has 0 saturated heterocycles. The van der Waals surface area contributed by atoms with E-state index in [-0.39, 0.29) is 5.91 Å². The quantitative estimate of drug-likeness (QED) is 0.652. The predicted molar refractivity (Wildman–Crippen MR) is 123 cm³/mol. The maximum atomic E-state index is 13.0. The number of fused-ring (bicyclic) bond motifs is 2. The largest absolute Gasteiger partial charge is 0.490 e. The second-order valence-electron chi connectivity index (χ2n) is 9.64. The number of rotatable bonds is 5. The molecule has 1 aliphatic heterocycles. The van der Waals surface area contributed by atoms with Crippen molar-refractivity contribution >= 4 is 23.2 Å². The Morgan fingerprint density at radius 3 is 2.66 bits per heavy atom. The molecule has 5 rings (SSSR count). The molecule has 2 fully saturated rings. The van der Waals surface area contributed by atoms with Gasteiger partial charge < -0.3 is 15.2 Å². The van der Waals surface area contributed by atoms with Crippen molar-refractivity contribution in [1.82, 2.24) is 9.97 Å². The Hall–Kier alpha value is -2.18. The minimum Gasteiger partial charge on any atom is -0.490 e. The molecule has 2 heterocycles. The van der Waals surface area contributed by atoms with Crippen molar-refractivity contribution < 1.29 is 14.6 Å². The van der Waals surface area contributed by atoms with E-state index in [1.165, 1.54) is 0 Å². The van der Waals surface area contributed by atoms with Gasteiger partial charge in [0.15, 0.2) is 11.6 Å². The number of anilines is 1. The molecule has 2 saturated carbocycles. The van der Waals surface area contributed by atoms with Crippen molar-refractivity contribution in [3.63, 3.8) is 0 Å². The third-order valence-electron chi connectivity index (χ3n) is 7.65. The molecule has 7 heteroatoms. The number of hydrogen-bond acceptors (Lipinski definition) is 5. The number of halogens is 1. The average molecular weight is 456 g/mol. The highest BCUT2D eigenvalue weighted by Crippen LogP contribution is 2.47. The van der Waals surface area contributed by atoms with Crippen LogP contribution in [0.5, 0.6) is 5.75 Å². The molecule has 2 atom stereocenters. The Balaban J connectivity index is 1.19. The topological polar surface area (TPSA) is 84.3 Å². The number of amides is 1. The number of carbonyl (C=O) groups excluding carboxylic acids is 1. The Morgan fingerprint density at radius 2 is 1.91 bits per heavy atom. The van der Waals surface area contributed by atoms with Gasteiger partial charge in [0.2, 0.25) is 5.91 Å². The van der Waals surface area contributed by atoms with Gasteiger partial charge in [0, 0.05) is 10.7 Å². The van der Waals surface area contributed by atoms with Crippen LogP contribution in [0.2, 0.25) is 5.02 Å². The van der Waals surface area contributed by atoms with Crippen LogP contribution < -0.4 is 10.1 Å². The summed E-state index contributed by atoms with van der Waals surface area (Å²) in [6.45, 7) is 0.596. The van der Waals surface area contributed by atoms with Gasteiger partial charge in [-0.3, -0.25) is 4.79 Å². The number of hydrogen-bond donors (Lipinski definition) is 2. The minimum atomic E-state index is -0.845. The van der Waals surface area contributed by atoms with Crippen LogP contribution in [0.1, 0.15) is 75.6 Å². The van der Waals surface area contributed by atoms with Gasteiger partial charge in [0.25, 0.3) is 0 Å². The van der Waals surface area contributed by atoms with Gasteiger partial charge >= 0.3 is 0 Å². The van der Waals surface area contributed by atoms with Crippen LogP contribution in [0.15, 0.2) is 30.6 Å². The molecule has 170 valence electrons. The lowest BCUT2D eigenvalue weighted by Gasteiger charge is -2.34. The van der Waals surface area contributed by atoms with Gasteiger partial charge in [-0.25, -0.2) is 9.97 Å². The van der Waals surface area contributed by atoms with Crippen LogP contribution in [0.4, 0.5) is 5.69 Å². The van der Waals surface area contributed by atoms with Crippen molar-refractivity contribution in [2.45, 2.75) is 75.2 Å². The van der Waals surface area contributed by atoms with E-state index in [0.717, 1.165) is 75.5 Å². The van der Waals surface area contributed by atoms with Crippen LogP contribution in [0.3, 0.4) is 0 Å². The first-order valence-electron chi connectivity index (χ1n) is 11.8. The Morgan fingerprint density at radius 1 is 1.09 bits per heavy atom. The molecule has 0 radical (unpaired) electrons. The van der Waals surface area contributed by atoms with Crippen LogP contribution in [0, 0.1) is 5.92 Å². The minimum absolute atomic E-state index is 0.122. The van der Waals surface area contributed by atoms with Gasteiger partial charge in [-0.15, -0.1) is 0 Å². The molecule has 1 aromatic heterocycles. The normalized spacial score (nSPS) is 26.6. The van der Waals surface area contributed by atoms with Crippen molar-refractivity contribution in [2.75, 3.05) is 11.9 Å². The first-order chi connectivity index (χ1) is 15.5. The lowest BCUT2D eigenvalue weighted by molar-refractivity contribution is -0.121. The van der Waals surface area contributed by atoms with Crippen molar-refractivity contribution in [1.29, 1.82) is 0 Å². The van der Waals surface area contributed by atoms with Crippen LogP contribution in [-0.2, 0) is 15.8 Å². The summed E-state index contributed by atoms with van der Waals surface area (Å²) in [5.41, 5.74) is 0.681. The zero-order valence-electron chi connectivity index (χ0n) is 18.3. The van der Waals surface area contributed by atoms with E-state index in [1.54, 1.807) is 12.4 Å². The van der Waals surface area contributed by atoms with E-state index >= 15 is 0 Å². The first-order valence-corrected chi connectivity index (χ1v) is 12.2. The smallest absolute Gasteiger partial charge is 0.235 e. The molecule has 0 bridgehead atoms. The number of ether oxygens (including phenoxy) is 1. The highest BCUT2D eigenvalue weighted by molar-refractivity contribution is 6.31. The number of nitrogens with one attached hydrogen (secondary N) is 1. The van der Waals surface area contributed by atoms with Crippen LogP contribution >= 0.6 is 11.6 Å². The molecule has 6 nitrogen and oxygen atoms in total. The fourth-order valence-corrected chi connectivity index (χ4v) is 5.63. The highest BCUT2D eigenvalue weighted by atomic mass is 35.5. The average Bonchev–Trinajstić information content (AvgIpc) is 3.02. The van der Waals surface area contributed by atoms with E-state index in [4.69, 9.17) is 16.3 Å². The van der Waals surface area contributed by atoms with Gasteiger partial charge in [0.1, 0.15) is 5.60 Å². The summed E-state index contributed by atoms with van der Waals surface area (Å²) in [7, 11) is 0. The molecular weight excluding hydrogens is 426 g/mol. The molecule has 3 aliphatic rings. The number of aromatic nitrogens is 2. The van der Waals surface area contributed by atoms with Crippen molar-refractivity contribution in [3.05, 3.63) is 47.0 Å². The molecule has 32 heavy (non-hydrogen) atoms. The Bertz CT molecular complexity index is 992. The van der Waals surface area contributed by atoms with Crippen LogP contribution in [0.25, 0.3) is 0 Å². The van der Waals surface area contributed by atoms with E-state index < -0.39 is 11.0 Å². The highest BCUT2D eigenvalue weighted by Gasteiger charge is 2.46. The molecule has 1 spiro atoms. The van der Waals surface area contributed by atoms with E-state index in [9.17, 15) is 9.90 Å².